The normalized spacial score (nSPS) is 22.5. The molecule has 0 bridgehead atoms. The second kappa shape index (κ2) is 6.38. The Hall–Kier alpha value is -0.120. The predicted octanol–water partition coefficient (Wildman–Crippen LogP) is 1.16. The minimum absolute atomic E-state index is 0.193. The lowest BCUT2D eigenvalue weighted by atomic mass is 10.0. The maximum Gasteiger partial charge on any atom is 0.0588 e. The standard InChI is InChI=1S/C11H23NO2/c1-9(8-14-2)11(7-13)12-10-5-3-4-6-10/h9-13H,3-8H2,1-2H3. The number of rotatable bonds is 6. The van der Waals surface area contributed by atoms with Gasteiger partial charge >= 0.3 is 0 Å². The number of hydrogen-bond donors (Lipinski definition) is 2. The van der Waals surface area contributed by atoms with Crippen molar-refractivity contribution in [1.29, 1.82) is 0 Å². The Morgan fingerprint density at radius 1 is 1.43 bits per heavy atom. The number of aliphatic hydroxyl groups excluding tert-OH is 1. The van der Waals surface area contributed by atoms with Gasteiger partial charge in [0.2, 0.25) is 0 Å². The van der Waals surface area contributed by atoms with Crippen molar-refractivity contribution in [1.82, 2.24) is 5.32 Å². The Kier molecular flexibility index (Phi) is 5.45. The van der Waals surface area contributed by atoms with Gasteiger partial charge in [-0.2, -0.15) is 0 Å². The van der Waals surface area contributed by atoms with Crippen molar-refractivity contribution >= 4 is 0 Å². The van der Waals surface area contributed by atoms with E-state index in [2.05, 4.69) is 12.2 Å². The van der Waals surface area contributed by atoms with Crippen LogP contribution in [0.4, 0.5) is 0 Å². The van der Waals surface area contributed by atoms with Crippen molar-refractivity contribution in [2.45, 2.75) is 44.7 Å². The summed E-state index contributed by atoms with van der Waals surface area (Å²) in [6, 6.07) is 0.810. The van der Waals surface area contributed by atoms with Crippen LogP contribution in [0.25, 0.3) is 0 Å². The molecule has 0 spiro atoms. The molecular weight excluding hydrogens is 178 g/mol. The third kappa shape index (κ3) is 3.56. The van der Waals surface area contributed by atoms with Crippen LogP contribution in [-0.2, 0) is 4.74 Å². The van der Waals surface area contributed by atoms with Crippen molar-refractivity contribution in [2.24, 2.45) is 5.92 Å². The first-order valence-corrected chi connectivity index (χ1v) is 5.63. The van der Waals surface area contributed by atoms with Crippen LogP contribution in [0.2, 0.25) is 0 Å². The summed E-state index contributed by atoms with van der Waals surface area (Å²) in [5.41, 5.74) is 0. The van der Waals surface area contributed by atoms with E-state index in [4.69, 9.17) is 4.74 Å². The quantitative estimate of drug-likeness (QED) is 0.677. The molecule has 0 radical (unpaired) electrons. The monoisotopic (exact) mass is 201 g/mol. The molecule has 0 heterocycles. The highest BCUT2D eigenvalue weighted by Crippen LogP contribution is 2.19. The molecule has 2 N–H and O–H groups in total. The van der Waals surface area contributed by atoms with Crippen LogP contribution < -0.4 is 5.32 Å². The maximum atomic E-state index is 9.27. The van der Waals surface area contributed by atoms with E-state index < -0.39 is 0 Å². The van der Waals surface area contributed by atoms with Gasteiger partial charge in [-0.25, -0.2) is 0 Å². The molecule has 0 aromatic carbocycles. The highest BCUT2D eigenvalue weighted by molar-refractivity contribution is 4.81. The van der Waals surface area contributed by atoms with E-state index in [0.29, 0.717) is 18.6 Å². The number of methoxy groups -OCH3 is 1. The van der Waals surface area contributed by atoms with Gasteiger partial charge in [-0.3, -0.25) is 0 Å². The zero-order valence-electron chi connectivity index (χ0n) is 9.33. The third-order valence-electron chi connectivity index (χ3n) is 3.12. The van der Waals surface area contributed by atoms with Crippen molar-refractivity contribution in [3.05, 3.63) is 0 Å². The van der Waals surface area contributed by atoms with Crippen LogP contribution in [-0.4, -0.2) is 37.5 Å². The summed E-state index contributed by atoms with van der Waals surface area (Å²) in [5.74, 6) is 0.380. The van der Waals surface area contributed by atoms with Crippen LogP contribution in [0.1, 0.15) is 32.6 Å². The Bertz CT molecular complexity index is 146. The van der Waals surface area contributed by atoms with Gasteiger partial charge in [0.25, 0.3) is 0 Å². The lowest BCUT2D eigenvalue weighted by molar-refractivity contribution is 0.109. The molecule has 0 saturated heterocycles. The highest BCUT2D eigenvalue weighted by atomic mass is 16.5. The molecule has 14 heavy (non-hydrogen) atoms. The molecule has 0 aromatic heterocycles. The van der Waals surface area contributed by atoms with E-state index in [9.17, 15) is 5.11 Å². The summed E-state index contributed by atoms with van der Waals surface area (Å²) in [4.78, 5) is 0. The summed E-state index contributed by atoms with van der Waals surface area (Å²) in [7, 11) is 1.71. The molecule has 3 heteroatoms. The molecule has 1 saturated carbocycles. The van der Waals surface area contributed by atoms with E-state index in [-0.39, 0.29) is 12.6 Å². The first-order chi connectivity index (χ1) is 6.77. The number of ether oxygens (including phenoxy) is 1. The summed E-state index contributed by atoms with van der Waals surface area (Å²) < 4.78 is 5.10. The van der Waals surface area contributed by atoms with Gasteiger partial charge in [-0.15, -0.1) is 0 Å². The van der Waals surface area contributed by atoms with Crippen LogP contribution in [0, 0.1) is 5.92 Å². The molecular formula is C11H23NO2. The summed E-state index contributed by atoms with van der Waals surface area (Å²) in [6.45, 7) is 3.04. The largest absolute Gasteiger partial charge is 0.395 e. The van der Waals surface area contributed by atoms with Gasteiger partial charge in [0.15, 0.2) is 0 Å². The number of aliphatic hydroxyl groups is 1. The zero-order valence-corrected chi connectivity index (χ0v) is 9.33. The average molecular weight is 201 g/mol. The van der Waals surface area contributed by atoms with Crippen molar-refractivity contribution in [3.8, 4) is 0 Å². The highest BCUT2D eigenvalue weighted by Gasteiger charge is 2.22. The SMILES string of the molecule is COCC(C)C(CO)NC1CCCC1. The minimum atomic E-state index is 0.193. The van der Waals surface area contributed by atoms with E-state index in [1.54, 1.807) is 7.11 Å². The Labute approximate surface area is 86.8 Å². The van der Waals surface area contributed by atoms with Crippen molar-refractivity contribution in [2.75, 3.05) is 20.3 Å². The third-order valence-corrected chi connectivity index (χ3v) is 3.12. The topological polar surface area (TPSA) is 41.5 Å². The van der Waals surface area contributed by atoms with Gasteiger partial charge < -0.3 is 15.2 Å². The van der Waals surface area contributed by atoms with Crippen LogP contribution >= 0.6 is 0 Å². The van der Waals surface area contributed by atoms with Gasteiger partial charge in [0.1, 0.15) is 0 Å². The molecule has 0 aromatic rings. The molecule has 84 valence electrons. The minimum Gasteiger partial charge on any atom is -0.395 e. The second-order valence-corrected chi connectivity index (χ2v) is 4.37. The fourth-order valence-electron chi connectivity index (χ4n) is 2.17. The van der Waals surface area contributed by atoms with Gasteiger partial charge in [0, 0.05) is 19.2 Å². The molecule has 1 rings (SSSR count). The second-order valence-electron chi connectivity index (χ2n) is 4.37. The Morgan fingerprint density at radius 2 is 2.07 bits per heavy atom. The Balaban J connectivity index is 2.29. The van der Waals surface area contributed by atoms with Gasteiger partial charge in [-0.1, -0.05) is 19.8 Å². The molecule has 0 aliphatic heterocycles. The summed E-state index contributed by atoms with van der Waals surface area (Å²) in [5, 5.41) is 12.8. The van der Waals surface area contributed by atoms with Gasteiger partial charge in [-0.05, 0) is 18.8 Å². The summed E-state index contributed by atoms with van der Waals surface area (Å²) >= 11 is 0. The lowest BCUT2D eigenvalue weighted by Crippen LogP contribution is -2.44. The smallest absolute Gasteiger partial charge is 0.0588 e. The van der Waals surface area contributed by atoms with E-state index in [1.165, 1.54) is 25.7 Å². The summed E-state index contributed by atoms with van der Waals surface area (Å²) in [6.07, 6.45) is 5.18. The van der Waals surface area contributed by atoms with Gasteiger partial charge in [0.05, 0.1) is 13.2 Å². The van der Waals surface area contributed by atoms with Crippen LogP contribution in [0.15, 0.2) is 0 Å². The van der Waals surface area contributed by atoms with E-state index in [1.807, 2.05) is 0 Å². The molecule has 1 aliphatic carbocycles. The first-order valence-electron chi connectivity index (χ1n) is 5.63. The average Bonchev–Trinajstić information content (AvgIpc) is 2.66. The molecule has 3 nitrogen and oxygen atoms in total. The van der Waals surface area contributed by atoms with Crippen LogP contribution in [0.5, 0.6) is 0 Å². The maximum absolute atomic E-state index is 9.27. The first kappa shape index (κ1) is 12.0. The van der Waals surface area contributed by atoms with E-state index >= 15 is 0 Å². The molecule has 2 unspecified atom stereocenters. The zero-order chi connectivity index (χ0) is 10.4. The molecule has 0 amide bonds. The number of nitrogens with one attached hydrogen (secondary N) is 1. The van der Waals surface area contributed by atoms with Crippen molar-refractivity contribution < 1.29 is 9.84 Å². The molecule has 2 atom stereocenters. The fourth-order valence-corrected chi connectivity index (χ4v) is 2.17. The lowest BCUT2D eigenvalue weighted by Gasteiger charge is -2.26. The van der Waals surface area contributed by atoms with Crippen molar-refractivity contribution in [3.63, 3.8) is 0 Å². The fraction of sp³-hybridized carbons (Fsp3) is 1.00. The number of hydrogen-bond acceptors (Lipinski definition) is 3. The molecule has 1 fully saturated rings. The molecule has 1 aliphatic rings. The van der Waals surface area contributed by atoms with Crippen LogP contribution in [0.3, 0.4) is 0 Å². The van der Waals surface area contributed by atoms with E-state index in [0.717, 1.165) is 0 Å². The Morgan fingerprint density at radius 3 is 2.57 bits per heavy atom. The predicted molar refractivity (Wildman–Crippen MR) is 57.3 cm³/mol.